The zero-order chi connectivity index (χ0) is 14.1. The molecule has 0 aromatic heterocycles. The molecule has 0 atom stereocenters. The van der Waals surface area contributed by atoms with E-state index in [9.17, 15) is 20.2 Å². The maximum Gasteiger partial charge on any atom is 0.231 e. The minimum Gasteiger partial charge on any atom is -0.265 e. The van der Waals surface area contributed by atoms with Crippen molar-refractivity contribution in [3.63, 3.8) is 0 Å². The quantitative estimate of drug-likeness (QED) is 0.228. The highest BCUT2D eigenvalue weighted by molar-refractivity contribution is 5.26. The lowest BCUT2D eigenvalue weighted by atomic mass is 10.2. The van der Waals surface area contributed by atoms with E-state index in [0.717, 1.165) is 12.2 Å². The lowest BCUT2D eigenvalue weighted by Crippen LogP contribution is -2.03. The van der Waals surface area contributed by atoms with E-state index in [2.05, 4.69) is 0 Å². The first-order valence-electron chi connectivity index (χ1n) is 4.27. The zero-order valence-electron chi connectivity index (χ0n) is 8.88. The van der Waals surface area contributed by atoms with Crippen LogP contribution in [0.4, 0.5) is 0 Å². The summed E-state index contributed by atoms with van der Waals surface area (Å²) in [5.41, 5.74) is 0. The van der Waals surface area contributed by atoms with Gasteiger partial charge in [-0.1, -0.05) is 0 Å². The fourth-order valence-corrected chi connectivity index (χ4v) is 0.659. The van der Waals surface area contributed by atoms with Crippen LogP contribution in [0.5, 0.6) is 0 Å². The number of isocyanates is 2. The van der Waals surface area contributed by atoms with Gasteiger partial charge in [0.1, 0.15) is 0 Å². The predicted octanol–water partition coefficient (Wildman–Crippen LogP) is 0.512. The summed E-state index contributed by atoms with van der Waals surface area (Å²) in [7, 11) is 0. The number of nitrogens with one attached hydrogen (secondary N) is 2. The normalized spacial score (nSPS) is 7.06. The summed E-state index contributed by atoms with van der Waals surface area (Å²) in [5, 5.41) is 30.3. The van der Waals surface area contributed by atoms with Crippen LogP contribution in [-0.4, -0.2) is 35.1 Å². The summed E-state index contributed by atoms with van der Waals surface area (Å²) in [5.74, 6) is 0. The lowest BCUT2D eigenvalue weighted by molar-refractivity contribution is -0.485. The summed E-state index contributed by atoms with van der Waals surface area (Å²) >= 11 is 0. The van der Waals surface area contributed by atoms with Crippen LogP contribution in [0.25, 0.3) is 0 Å². The molecular formula is C7H12N4O6. The molecule has 0 bridgehead atoms. The monoisotopic (exact) mass is 248 g/mol. The van der Waals surface area contributed by atoms with E-state index >= 15 is 0 Å². The van der Waals surface area contributed by atoms with Crippen LogP contribution in [-0.2, 0) is 9.59 Å². The molecule has 0 rings (SSSR count). The molecule has 0 unspecified atom stereocenters. The fourth-order valence-electron chi connectivity index (χ4n) is 0.659. The SMILES string of the molecule is N=C=O.N=C=O.O=[N+]([O-])CCCCC[N+](=O)[O-]. The van der Waals surface area contributed by atoms with Gasteiger partial charge in [0.2, 0.25) is 25.2 Å². The molecule has 0 aromatic rings. The molecule has 0 saturated heterocycles. The van der Waals surface area contributed by atoms with Gasteiger partial charge in [0.25, 0.3) is 0 Å². The third-order valence-electron chi connectivity index (χ3n) is 1.18. The van der Waals surface area contributed by atoms with E-state index in [-0.39, 0.29) is 13.1 Å². The highest BCUT2D eigenvalue weighted by Gasteiger charge is 1.99. The van der Waals surface area contributed by atoms with Crippen LogP contribution >= 0.6 is 0 Å². The minimum atomic E-state index is -0.411. The van der Waals surface area contributed by atoms with E-state index < -0.39 is 9.85 Å². The van der Waals surface area contributed by atoms with Crippen molar-refractivity contribution in [3.8, 4) is 0 Å². The molecule has 0 heterocycles. The van der Waals surface area contributed by atoms with Gasteiger partial charge in [-0.2, -0.15) is 0 Å². The van der Waals surface area contributed by atoms with Crippen molar-refractivity contribution >= 4 is 12.2 Å². The average molecular weight is 248 g/mol. The Morgan fingerprint density at radius 2 is 1.06 bits per heavy atom. The van der Waals surface area contributed by atoms with Crippen molar-refractivity contribution in [3.05, 3.63) is 20.2 Å². The van der Waals surface area contributed by atoms with Crippen molar-refractivity contribution in [2.45, 2.75) is 19.3 Å². The number of hydrogen-bond acceptors (Lipinski definition) is 8. The Hall–Kier alpha value is -2.44. The Morgan fingerprint density at radius 3 is 1.24 bits per heavy atom. The standard InChI is InChI=1S/C5H10N2O4.2CHNO/c8-6(9)4-2-1-3-5-7(10)11;2*2-1-3/h1-5H2;2*2H. The number of carbonyl (C=O) groups excluding carboxylic acids is 2. The van der Waals surface area contributed by atoms with Gasteiger partial charge in [-0.05, 0) is 6.42 Å². The van der Waals surface area contributed by atoms with Gasteiger partial charge < -0.3 is 0 Å². The lowest BCUT2D eigenvalue weighted by Gasteiger charge is -1.92. The topological polar surface area (TPSA) is 168 Å². The van der Waals surface area contributed by atoms with Crippen LogP contribution < -0.4 is 0 Å². The average Bonchev–Trinajstić information content (AvgIpc) is 2.18. The van der Waals surface area contributed by atoms with Crippen LogP contribution in [0.3, 0.4) is 0 Å². The van der Waals surface area contributed by atoms with Crippen LogP contribution in [0.1, 0.15) is 19.3 Å². The van der Waals surface area contributed by atoms with Crippen molar-refractivity contribution in [2.24, 2.45) is 0 Å². The van der Waals surface area contributed by atoms with Gasteiger partial charge in [0.05, 0.1) is 0 Å². The molecule has 96 valence electrons. The Labute approximate surface area is 95.9 Å². The summed E-state index contributed by atoms with van der Waals surface area (Å²) < 4.78 is 0. The summed E-state index contributed by atoms with van der Waals surface area (Å²) in [6, 6.07) is 0. The molecule has 0 amide bonds. The second-order valence-corrected chi connectivity index (χ2v) is 2.38. The zero-order valence-corrected chi connectivity index (χ0v) is 8.88. The van der Waals surface area contributed by atoms with Crippen LogP contribution in [0.2, 0.25) is 0 Å². The Kier molecular flexibility index (Phi) is 22.6. The number of nitro groups is 2. The molecule has 10 heteroatoms. The number of nitrogens with zero attached hydrogens (tertiary/aromatic N) is 2. The van der Waals surface area contributed by atoms with E-state index in [4.69, 9.17) is 20.4 Å². The number of hydrogen-bond donors (Lipinski definition) is 2. The van der Waals surface area contributed by atoms with Gasteiger partial charge >= 0.3 is 0 Å². The largest absolute Gasteiger partial charge is 0.265 e. The molecule has 0 saturated carbocycles. The first-order chi connectivity index (χ1) is 7.95. The van der Waals surface area contributed by atoms with E-state index in [1.807, 2.05) is 0 Å². The Morgan fingerprint density at radius 1 is 0.824 bits per heavy atom. The maximum atomic E-state index is 9.77. The first-order valence-corrected chi connectivity index (χ1v) is 4.27. The summed E-state index contributed by atoms with van der Waals surface area (Å²) in [6.45, 7) is -0.171. The molecule has 0 aromatic carbocycles. The van der Waals surface area contributed by atoms with E-state index in [1.54, 1.807) is 0 Å². The van der Waals surface area contributed by atoms with E-state index in [1.165, 1.54) is 0 Å². The molecule has 10 nitrogen and oxygen atoms in total. The van der Waals surface area contributed by atoms with Crippen molar-refractivity contribution in [1.29, 1.82) is 10.8 Å². The van der Waals surface area contributed by atoms with Gasteiger partial charge in [0, 0.05) is 22.7 Å². The molecule has 2 N–H and O–H groups in total. The second-order valence-electron chi connectivity index (χ2n) is 2.38. The van der Waals surface area contributed by atoms with E-state index in [0.29, 0.717) is 19.3 Å². The smallest absolute Gasteiger partial charge is 0.231 e. The molecule has 0 aliphatic rings. The molecule has 17 heavy (non-hydrogen) atoms. The third kappa shape index (κ3) is 58.6. The highest BCUT2D eigenvalue weighted by atomic mass is 16.6. The van der Waals surface area contributed by atoms with Crippen molar-refractivity contribution in [2.75, 3.05) is 13.1 Å². The maximum absolute atomic E-state index is 9.77. The number of unbranched alkanes of at least 4 members (excludes halogenated alkanes) is 2. The first kappa shape index (κ1) is 20.0. The molecular weight excluding hydrogens is 236 g/mol. The molecule has 0 spiro atoms. The molecule has 0 radical (unpaired) electrons. The van der Waals surface area contributed by atoms with Gasteiger partial charge in [-0.25, -0.2) is 20.4 Å². The van der Waals surface area contributed by atoms with Crippen molar-refractivity contribution < 1.29 is 19.4 Å². The molecule has 0 aliphatic carbocycles. The number of rotatable bonds is 6. The summed E-state index contributed by atoms with van der Waals surface area (Å²) in [6.07, 6.45) is 2.92. The fraction of sp³-hybridized carbons (Fsp3) is 0.714. The Bertz CT molecular complexity index is 252. The Balaban J connectivity index is -0.000000273. The van der Waals surface area contributed by atoms with Gasteiger partial charge in [-0.3, -0.25) is 20.2 Å². The predicted molar refractivity (Wildman–Crippen MR) is 54.4 cm³/mol. The van der Waals surface area contributed by atoms with Crippen LogP contribution in [0.15, 0.2) is 0 Å². The van der Waals surface area contributed by atoms with Gasteiger partial charge in [-0.15, -0.1) is 0 Å². The minimum absolute atomic E-state index is 0.0856. The second kappa shape index (κ2) is 19.2. The van der Waals surface area contributed by atoms with Crippen LogP contribution in [0, 0.1) is 31.0 Å². The summed E-state index contributed by atoms with van der Waals surface area (Å²) in [4.78, 5) is 35.4. The highest BCUT2D eigenvalue weighted by Crippen LogP contribution is 1.94. The van der Waals surface area contributed by atoms with Gasteiger partial charge in [0.15, 0.2) is 0 Å². The molecule has 0 fully saturated rings. The third-order valence-corrected chi connectivity index (χ3v) is 1.18. The van der Waals surface area contributed by atoms with Crippen molar-refractivity contribution in [1.82, 2.24) is 0 Å². The molecule has 0 aliphatic heterocycles.